The molecule has 0 spiro atoms. The second kappa shape index (κ2) is 13.8. The Hall–Kier alpha value is -6.03. The molecule has 0 saturated heterocycles. The summed E-state index contributed by atoms with van der Waals surface area (Å²) in [4.78, 5) is 10.7. The number of aryl methyl sites for hydroxylation is 1. The van der Waals surface area contributed by atoms with Gasteiger partial charge < -0.3 is 21.7 Å². The van der Waals surface area contributed by atoms with Crippen LogP contribution in [-0.2, 0) is 10.1 Å². The van der Waals surface area contributed by atoms with Gasteiger partial charge in [0.1, 0.15) is 33.3 Å². The van der Waals surface area contributed by atoms with Gasteiger partial charge in [0.05, 0.1) is 28.4 Å². The summed E-state index contributed by atoms with van der Waals surface area (Å²) in [5.41, 5.74) is 16.2. The smallest absolute Gasteiger partial charge is 0.339 e. The summed E-state index contributed by atoms with van der Waals surface area (Å²) in [6.07, 6.45) is 0. The Morgan fingerprint density at radius 1 is 0.688 bits per heavy atom. The van der Waals surface area contributed by atoms with E-state index >= 15 is 0 Å². The van der Waals surface area contributed by atoms with Crippen molar-refractivity contribution >= 4 is 73.2 Å². The molecule has 0 radical (unpaired) electrons. The fraction of sp³-hybridized carbons (Fsp3) is 0.0312. The van der Waals surface area contributed by atoms with Gasteiger partial charge in [-0.2, -0.15) is 23.8 Å². The number of rotatable bonds is 9. The molecular weight excluding hydrogens is 660 g/mol. The largest absolute Gasteiger partial charge is 0.507 e. The van der Waals surface area contributed by atoms with Crippen LogP contribution in [0.2, 0.25) is 5.02 Å². The highest BCUT2D eigenvalue weighted by atomic mass is 35.5. The lowest BCUT2D eigenvalue weighted by molar-refractivity contribution is 0.0693. The Morgan fingerprint density at radius 3 is 1.81 bits per heavy atom. The highest BCUT2D eigenvalue weighted by Crippen LogP contribution is 2.42. The number of nitrogens with zero attached hydrogens (tertiary/aromatic N) is 6. The molecule has 5 aromatic rings. The predicted molar refractivity (Wildman–Crippen MR) is 181 cm³/mol. The van der Waals surface area contributed by atoms with Crippen LogP contribution in [0.1, 0.15) is 15.9 Å². The zero-order chi connectivity index (χ0) is 34.6. The molecule has 0 aromatic heterocycles. The van der Waals surface area contributed by atoms with Crippen LogP contribution in [-0.4, -0.2) is 29.2 Å². The molecule has 5 aromatic carbocycles. The van der Waals surface area contributed by atoms with Crippen molar-refractivity contribution in [1.82, 2.24) is 0 Å². The Labute approximate surface area is 278 Å². The van der Waals surface area contributed by atoms with Gasteiger partial charge in [0, 0.05) is 5.02 Å². The van der Waals surface area contributed by atoms with Crippen molar-refractivity contribution in [3.8, 4) is 16.9 Å². The first-order valence-corrected chi connectivity index (χ1v) is 15.6. The maximum Gasteiger partial charge on any atom is 0.339 e. The number of benzene rings is 5. The van der Waals surface area contributed by atoms with E-state index in [1.165, 1.54) is 30.3 Å². The van der Waals surface area contributed by atoms with E-state index in [9.17, 15) is 22.9 Å². The van der Waals surface area contributed by atoms with Gasteiger partial charge in [-0.05, 0) is 90.3 Å². The first-order valence-electron chi connectivity index (χ1n) is 13.8. The maximum atomic E-state index is 11.8. The van der Waals surface area contributed by atoms with E-state index in [1.807, 2.05) is 24.3 Å². The lowest BCUT2D eigenvalue weighted by Gasteiger charge is -2.10. The maximum absolute atomic E-state index is 11.8. The third-order valence-electron chi connectivity index (χ3n) is 6.85. The van der Waals surface area contributed by atoms with Crippen molar-refractivity contribution in [2.24, 2.45) is 30.7 Å². The van der Waals surface area contributed by atoms with E-state index in [4.69, 9.17) is 28.2 Å². The van der Waals surface area contributed by atoms with E-state index in [1.54, 1.807) is 37.3 Å². The Morgan fingerprint density at radius 2 is 1.23 bits per heavy atom. The normalized spacial score (nSPS) is 12.0. The number of nitrogens with two attached hydrogens (primary N) is 2. The first kappa shape index (κ1) is 33.3. The van der Waals surface area contributed by atoms with Gasteiger partial charge in [-0.1, -0.05) is 35.9 Å². The summed E-state index contributed by atoms with van der Waals surface area (Å²) in [7, 11) is -4.61. The van der Waals surface area contributed by atoms with Gasteiger partial charge in [-0.3, -0.25) is 4.55 Å². The second-order valence-electron chi connectivity index (χ2n) is 10.2. The van der Waals surface area contributed by atoms with Crippen molar-refractivity contribution in [3.63, 3.8) is 0 Å². The molecule has 0 heterocycles. The van der Waals surface area contributed by atoms with Gasteiger partial charge in [-0.15, -0.1) is 15.3 Å². The molecule has 0 aliphatic heterocycles. The van der Waals surface area contributed by atoms with E-state index < -0.39 is 21.0 Å². The minimum atomic E-state index is -4.61. The molecule has 0 aliphatic carbocycles. The Kier molecular flexibility index (Phi) is 9.56. The zero-order valence-electron chi connectivity index (χ0n) is 24.9. The van der Waals surface area contributed by atoms with E-state index in [0.29, 0.717) is 16.9 Å². The van der Waals surface area contributed by atoms with E-state index in [0.717, 1.165) is 17.2 Å². The second-order valence-corrected chi connectivity index (χ2v) is 12.0. The third-order valence-corrected chi connectivity index (χ3v) is 7.99. The molecule has 0 atom stereocenters. The molecule has 0 aliphatic rings. The average Bonchev–Trinajstić information content (AvgIpc) is 3.05. The molecule has 7 N–H and O–H groups in total. The summed E-state index contributed by atoms with van der Waals surface area (Å²) in [6.45, 7) is 1.71. The van der Waals surface area contributed by atoms with Crippen molar-refractivity contribution in [1.29, 1.82) is 0 Å². The van der Waals surface area contributed by atoms with Crippen LogP contribution in [0, 0.1) is 6.92 Å². The molecule has 14 nitrogen and oxygen atoms in total. The molecule has 0 saturated carbocycles. The molecule has 48 heavy (non-hydrogen) atoms. The number of halogens is 1. The van der Waals surface area contributed by atoms with Crippen molar-refractivity contribution in [3.05, 3.63) is 107 Å². The molecule has 0 unspecified atom stereocenters. The summed E-state index contributed by atoms with van der Waals surface area (Å²) < 4.78 is 33.1. The number of azo groups is 3. The summed E-state index contributed by atoms with van der Waals surface area (Å²) >= 11 is 5.98. The highest BCUT2D eigenvalue weighted by molar-refractivity contribution is 7.86. The molecule has 16 heteroatoms. The lowest BCUT2D eigenvalue weighted by Crippen LogP contribution is -1.98. The van der Waals surface area contributed by atoms with Gasteiger partial charge >= 0.3 is 5.97 Å². The van der Waals surface area contributed by atoms with Crippen LogP contribution in [0.3, 0.4) is 0 Å². The third kappa shape index (κ3) is 7.67. The number of carboxylic acid groups (broad SMARTS) is 1. The number of hydrogen-bond acceptors (Lipinski definition) is 12. The fourth-order valence-corrected chi connectivity index (χ4v) is 5.09. The SMILES string of the molecule is Cc1cc(N=Nc2ccc(-c3ccc(N=Nc4ccc(O)c(C(=O)O)c4)cc3)cc2)c(N)c(N=Nc2cc(Cl)ccc2S(=O)(=O)O)c1N. The first-order chi connectivity index (χ1) is 22.8. The van der Waals surface area contributed by atoms with E-state index in [-0.39, 0.29) is 50.5 Å². The van der Waals surface area contributed by atoms with Gasteiger partial charge in [0.15, 0.2) is 0 Å². The minimum Gasteiger partial charge on any atom is -0.507 e. The lowest BCUT2D eigenvalue weighted by atomic mass is 10.1. The zero-order valence-corrected chi connectivity index (χ0v) is 26.4. The number of phenols is 1. The predicted octanol–water partition coefficient (Wildman–Crippen LogP) is 9.38. The van der Waals surface area contributed by atoms with Crippen molar-refractivity contribution in [2.45, 2.75) is 11.8 Å². The van der Waals surface area contributed by atoms with Crippen LogP contribution in [0.5, 0.6) is 5.75 Å². The number of aromatic carboxylic acids is 1. The number of carboxylic acids is 1. The van der Waals surface area contributed by atoms with Crippen LogP contribution < -0.4 is 11.5 Å². The van der Waals surface area contributed by atoms with Crippen molar-refractivity contribution < 1.29 is 28.0 Å². The number of aromatic hydroxyl groups is 1. The number of nitrogen functional groups attached to an aromatic ring is 2. The average molecular weight is 685 g/mol. The fourth-order valence-electron chi connectivity index (χ4n) is 4.32. The number of anilines is 2. The molecule has 0 bridgehead atoms. The molecular formula is C32H25ClN8O6S. The topological polar surface area (TPSA) is 238 Å². The van der Waals surface area contributed by atoms with Crippen LogP contribution in [0.25, 0.3) is 11.1 Å². The molecule has 5 rings (SSSR count). The van der Waals surface area contributed by atoms with Crippen LogP contribution >= 0.6 is 11.6 Å². The molecule has 0 amide bonds. The Balaban J connectivity index is 1.32. The van der Waals surface area contributed by atoms with Gasteiger partial charge in [-0.25, -0.2) is 4.79 Å². The highest BCUT2D eigenvalue weighted by Gasteiger charge is 2.17. The molecule has 242 valence electrons. The standard InChI is InChI=1S/C32H25ClN8O6S/c1-17-14-26(30(35)31(29(17)34)41-39-25-15-20(33)6-13-28(25)48(45,46)47)40-37-22-9-4-19(5-10-22)18-2-7-21(8-3-18)36-38-23-11-12-27(42)24(16-23)32(43)44/h2-16,42H,34-35H2,1H3,(H,43,44)(H,45,46,47). The quantitative estimate of drug-likeness (QED) is 0.0567. The van der Waals surface area contributed by atoms with E-state index in [2.05, 4.69) is 30.7 Å². The Bertz CT molecular complexity index is 2240. The summed E-state index contributed by atoms with van der Waals surface area (Å²) in [6, 6.07) is 23.6. The van der Waals surface area contributed by atoms with Gasteiger partial charge in [0.25, 0.3) is 10.1 Å². The number of hydrogen-bond donors (Lipinski definition) is 5. The van der Waals surface area contributed by atoms with Crippen LogP contribution in [0.15, 0.2) is 127 Å². The molecule has 0 fully saturated rings. The number of carbonyl (C=O) groups is 1. The monoisotopic (exact) mass is 684 g/mol. The van der Waals surface area contributed by atoms with Crippen LogP contribution in [0.4, 0.5) is 45.5 Å². The summed E-state index contributed by atoms with van der Waals surface area (Å²) in [5, 5.41) is 43.7. The van der Waals surface area contributed by atoms with Gasteiger partial charge in [0.2, 0.25) is 0 Å². The summed E-state index contributed by atoms with van der Waals surface area (Å²) in [5.74, 6) is -1.62. The van der Waals surface area contributed by atoms with Crippen molar-refractivity contribution in [2.75, 3.05) is 11.5 Å². The minimum absolute atomic E-state index is 0.0385.